The lowest BCUT2D eigenvalue weighted by Gasteiger charge is -2.16. The van der Waals surface area contributed by atoms with Crippen LogP contribution < -0.4 is 0 Å². The van der Waals surface area contributed by atoms with Gasteiger partial charge in [-0.05, 0) is 43.1 Å². The molecule has 0 fully saturated rings. The van der Waals surface area contributed by atoms with Crippen LogP contribution in [0, 0.1) is 5.92 Å². The smallest absolute Gasteiger partial charge is 0.306 e. The van der Waals surface area contributed by atoms with Crippen LogP contribution in [0.2, 0.25) is 0 Å². The number of carboxylic acid groups (broad SMARTS) is 1. The quantitative estimate of drug-likeness (QED) is 0.240. The van der Waals surface area contributed by atoms with Crippen LogP contribution in [0.3, 0.4) is 0 Å². The first kappa shape index (κ1) is 16.7. The lowest BCUT2D eigenvalue weighted by Crippen LogP contribution is -2.15. The molecule has 3 nitrogen and oxygen atoms in total. The molecule has 0 saturated carbocycles. The Morgan fingerprint density at radius 2 is 1.29 bits per heavy atom. The van der Waals surface area contributed by atoms with Gasteiger partial charge >= 0.3 is 5.97 Å². The molecule has 0 aliphatic carbocycles. The van der Waals surface area contributed by atoms with E-state index in [1.54, 1.807) is 6.92 Å². The number of carbonyl (C=O) groups excluding carboxylic acids is 1. The van der Waals surface area contributed by atoms with Crippen LogP contribution >= 0.6 is 0 Å². The lowest BCUT2D eigenvalue weighted by atomic mass is 9.87. The number of benzene rings is 5. The summed E-state index contributed by atoms with van der Waals surface area (Å²) in [5, 5.41) is 18.2. The Morgan fingerprint density at radius 3 is 1.93 bits per heavy atom. The molecule has 1 atom stereocenters. The maximum absolute atomic E-state index is 12.9. The van der Waals surface area contributed by atoms with Gasteiger partial charge in [0.05, 0.1) is 5.92 Å². The van der Waals surface area contributed by atoms with Gasteiger partial charge in [-0.2, -0.15) is 0 Å². The molecule has 0 aromatic heterocycles. The molecule has 28 heavy (non-hydrogen) atoms. The number of Topliss-reactive ketones (excluding diaryl/α,β-unsaturated/α-hetero) is 1. The highest BCUT2D eigenvalue weighted by Gasteiger charge is 2.20. The van der Waals surface area contributed by atoms with E-state index in [0.717, 1.165) is 21.5 Å². The third kappa shape index (κ3) is 2.29. The van der Waals surface area contributed by atoms with Crippen molar-refractivity contribution in [2.45, 2.75) is 13.3 Å². The van der Waals surface area contributed by atoms with Crippen molar-refractivity contribution in [3.05, 3.63) is 72.3 Å². The Kier molecular flexibility index (Phi) is 3.59. The summed E-state index contributed by atoms with van der Waals surface area (Å²) in [4.78, 5) is 24.1. The molecule has 1 unspecified atom stereocenters. The molecule has 3 heteroatoms. The first-order chi connectivity index (χ1) is 13.6. The zero-order valence-corrected chi connectivity index (χ0v) is 15.4. The molecule has 5 rings (SSSR count). The summed E-state index contributed by atoms with van der Waals surface area (Å²) in [6, 6.07) is 22.5. The van der Waals surface area contributed by atoms with Gasteiger partial charge in [-0.3, -0.25) is 9.59 Å². The molecule has 0 spiro atoms. The van der Waals surface area contributed by atoms with Gasteiger partial charge in [0.25, 0.3) is 0 Å². The fraction of sp³-hybridized carbons (Fsp3) is 0.120. The second-order valence-electron chi connectivity index (χ2n) is 7.46. The average Bonchev–Trinajstić information content (AvgIpc) is 2.71. The van der Waals surface area contributed by atoms with Crippen molar-refractivity contribution in [3.8, 4) is 0 Å². The normalized spacial score (nSPS) is 12.9. The third-order valence-electron chi connectivity index (χ3n) is 5.74. The summed E-state index contributed by atoms with van der Waals surface area (Å²) in [7, 11) is 0. The van der Waals surface area contributed by atoms with E-state index in [-0.39, 0.29) is 12.2 Å². The summed E-state index contributed by atoms with van der Waals surface area (Å²) >= 11 is 0. The number of aliphatic carboxylic acids is 1. The van der Waals surface area contributed by atoms with E-state index >= 15 is 0 Å². The van der Waals surface area contributed by atoms with Crippen LogP contribution in [-0.4, -0.2) is 16.9 Å². The zero-order chi connectivity index (χ0) is 19.4. The third-order valence-corrected chi connectivity index (χ3v) is 5.74. The highest BCUT2D eigenvalue weighted by molar-refractivity contribution is 6.34. The number of rotatable bonds is 4. The Balaban J connectivity index is 1.87. The fourth-order valence-electron chi connectivity index (χ4n) is 4.36. The minimum absolute atomic E-state index is 0.000176. The van der Waals surface area contributed by atoms with Gasteiger partial charge in [-0.15, -0.1) is 0 Å². The molecular formula is C25H18O3. The van der Waals surface area contributed by atoms with E-state index in [1.165, 1.54) is 21.5 Å². The Hall–Kier alpha value is -3.46. The topological polar surface area (TPSA) is 54.4 Å². The minimum atomic E-state index is -0.948. The number of fused-ring (bicyclic) bond motifs is 2. The highest BCUT2D eigenvalue weighted by atomic mass is 16.4. The summed E-state index contributed by atoms with van der Waals surface area (Å²) in [6.07, 6.45) is 0.000176. The van der Waals surface area contributed by atoms with Gasteiger partial charge in [0, 0.05) is 12.0 Å². The zero-order valence-electron chi connectivity index (χ0n) is 15.4. The van der Waals surface area contributed by atoms with E-state index in [1.807, 2.05) is 24.3 Å². The van der Waals surface area contributed by atoms with Crippen molar-refractivity contribution in [1.82, 2.24) is 0 Å². The highest BCUT2D eigenvalue weighted by Crippen LogP contribution is 2.41. The second kappa shape index (κ2) is 6.03. The fourth-order valence-corrected chi connectivity index (χ4v) is 4.36. The van der Waals surface area contributed by atoms with E-state index in [2.05, 4.69) is 42.5 Å². The van der Waals surface area contributed by atoms with Gasteiger partial charge in [0.2, 0.25) is 0 Å². The summed E-state index contributed by atoms with van der Waals surface area (Å²) in [5.41, 5.74) is 0.597. The van der Waals surface area contributed by atoms with Crippen molar-refractivity contribution >= 4 is 54.8 Å². The Morgan fingerprint density at radius 1 is 0.750 bits per heavy atom. The lowest BCUT2D eigenvalue weighted by molar-refractivity contribution is -0.141. The summed E-state index contributed by atoms with van der Waals surface area (Å²) in [5.74, 6) is -1.78. The Bertz CT molecular complexity index is 1350. The largest absolute Gasteiger partial charge is 0.481 e. The van der Waals surface area contributed by atoms with Crippen molar-refractivity contribution in [1.29, 1.82) is 0 Å². The number of carbonyl (C=O) groups is 2. The van der Waals surface area contributed by atoms with Crippen molar-refractivity contribution in [3.63, 3.8) is 0 Å². The van der Waals surface area contributed by atoms with Crippen LogP contribution in [0.4, 0.5) is 0 Å². The van der Waals surface area contributed by atoms with Crippen LogP contribution in [0.1, 0.15) is 23.7 Å². The van der Waals surface area contributed by atoms with Crippen molar-refractivity contribution < 1.29 is 14.7 Å². The van der Waals surface area contributed by atoms with Gasteiger partial charge in [0.1, 0.15) is 0 Å². The summed E-state index contributed by atoms with van der Waals surface area (Å²) in [6.45, 7) is 1.57. The van der Waals surface area contributed by atoms with Gasteiger partial charge in [0.15, 0.2) is 5.78 Å². The number of hydrogen-bond acceptors (Lipinski definition) is 2. The first-order valence-electron chi connectivity index (χ1n) is 9.40. The van der Waals surface area contributed by atoms with Gasteiger partial charge < -0.3 is 5.11 Å². The number of ketones is 1. The first-order valence-corrected chi connectivity index (χ1v) is 9.40. The van der Waals surface area contributed by atoms with E-state index < -0.39 is 11.9 Å². The van der Waals surface area contributed by atoms with Crippen molar-refractivity contribution in [2.75, 3.05) is 0 Å². The molecule has 5 aromatic rings. The molecule has 0 heterocycles. The predicted molar refractivity (Wildman–Crippen MR) is 113 cm³/mol. The molecule has 0 aliphatic rings. The van der Waals surface area contributed by atoms with Crippen LogP contribution in [-0.2, 0) is 4.79 Å². The molecule has 0 radical (unpaired) electrons. The molecular weight excluding hydrogens is 348 g/mol. The van der Waals surface area contributed by atoms with E-state index in [9.17, 15) is 9.59 Å². The average molecular weight is 366 g/mol. The SMILES string of the molecule is CC(CC(=O)c1ccc2c3cccc4cccc(c5cccc1c52)c43)C(=O)O. The van der Waals surface area contributed by atoms with Crippen LogP contribution in [0.5, 0.6) is 0 Å². The predicted octanol–water partition coefficient (Wildman–Crippen LogP) is 6.03. The monoisotopic (exact) mass is 366 g/mol. The summed E-state index contributed by atoms with van der Waals surface area (Å²) < 4.78 is 0. The standard InChI is InChI=1S/C25H18O3/c1-14(25(27)28)13-22(26)16-11-12-21-19-8-3-6-15-5-2-7-18(23(15)19)20-10-4-9-17(16)24(20)21/h2-12,14H,13H2,1H3,(H,27,28). The Labute approximate surface area is 161 Å². The minimum Gasteiger partial charge on any atom is -0.481 e. The molecule has 1 N–H and O–H groups in total. The van der Waals surface area contributed by atoms with Crippen molar-refractivity contribution in [2.24, 2.45) is 5.92 Å². The number of hydrogen-bond donors (Lipinski definition) is 1. The van der Waals surface area contributed by atoms with Gasteiger partial charge in [-0.25, -0.2) is 0 Å². The maximum atomic E-state index is 12.9. The molecule has 0 saturated heterocycles. The molecule has 5 aromatic carbocycles. The van der Waals surface area contributed by atoms with Gasteiger partial charge in [-0.1, -0.05) is 73.7 Å². The number of carboxylic acids is 1. The second-order valence-corrected chi connectivity index (χ2v) is 7.46. The van der Waals surface area contributed by atoms with E-state index in [0.29, 0.717) is 5.56 Å². The van der Waals surface area contributed by atoms with Crippen LogP contribution in [0.15, 0.2) is 66.7 Å². The maximum Gasteiger partial charge on any atom is 0.306 e. The molecule has 136 valence electrons. The van der Waals surface area contributed by atoms with Crippen LogP contribution in [0.25, 0.3) is 43.1 Å². The molecule has 0 amide bonds. The molecule has 0 aliphatic heterocycles. The van der Waals surface area contributed by atoms with E-state index in [4.69, 9.17) is 5.11 Å². The molecule has 0 bridgehead atoms.